The molecule has 1 N–H and O–H groups in total. The van der Waals surface area contributed by atoms with Gasteiger partial charge in [0.05, 0.1) is 0 Å². The van der Waals surface area contributed by atoms with E-state index in [0.29, 0.717) is 24.3 Å². The van der Waals surface area contributed by atoms with Crippen LogP contribution in [-0.2, 0) is 9.59 Å². The van der Waals surface area contributed by atoms with Crippen LogP contribution in [-0.4, -0.2) is 29.3 Å². The number of urea groups is 1. The molecule has 92 valence electrons. The summed E-state index contributed by atoms with van der Waals surface area (Å²) in [6, 6.07) is -0.530. The van der Waals surface area contributed by atoms with Gasteiger partial charge in [0.2, 0.25) is 11.8 Å². The van der Waals surface area contributed by atoms with Crippen molar-refractivity contribution in [2.45, 2.75) is 32.1 Å². The highest BCUT2D eigenvalue weighted by Crippen LogP contribution is 2.49. The number of rotatable bonds is 4. The number of imide groups is 2. The van der Waals surface area contributed by atoms with Crippen molar-refractivity contribution in [2.24, 2.45) is 17.8 Å². The number of carbonyl (C=O) groups is 3. The molecule has 2 saturated carbocycles. The van der Waals surface area contributed by atoms with Crippen molar-refractivity contribution < 1.29 is 14.4 Å². The molecule has 0 aromatic heterocycles. The van der Waals surface area contributed by atoms with Crippen LogP contribution in [0.2, 0.25) is 0 Å². The zero-order valence-corrected chi connectivity index (χ0v) is 9.65. The van der Waals surface area contributed by atoms with Gasteiger partial charge in [0.15, 0.2) is 0 Å². The van der Waals surface area contributed by atoms with Gasteiger partial charge in [-0.05, 0) is 43.4 Å². The lowest BCUT2D eigenvalue weighted by molar-refractivity contribution is -0.136. The Balaban J connectivity index is 1.68. The number of carbonyl (C=O) groups excluding carboxylic acids is 3. The molecule has 0 atom stereocenters. The lowest BCUT2D eigenvalue weighted by Gasteiger charge is -2.28. The maximum atomic E-state index is 11.7. The van der Waals surface area contributed by atoms with E-state index in [2.05, 4.69) is 5.32 Å². The summed E-state index contributed by atoms with van der Waals surface area (Å²) in [4.78, 5) is 35.6. The summed E-state index contributed by atoms with van der Waals surface area (Å²) in [5.41, 5.74) is 0. The molecule has 5 nitrogen and oxygen atoms in total. The second-order valence-electron chi connectivity index (χ2n) is 5.37. The van der Waals surface area contributed by atoms with Crippen LogP contribution in [0.4, 0.5) is 4.79 Å². The lowest BCUT2D eigenvalue weighted by Crippen LogP contribution is -2.54. The molecule has 3 rings (SSSR count). The minimum absolute atomic E-state index is 0.187. The minimum Gasteiger partial charge on any atom is -0.277 e. The third-order valence-electron chi connectivity index (χ3n) is 3.95. The fourth-order valence-electron chi connectivity index (χ4n) is 2.70. The summed E-state index contributed by atoms with van der Waals surface area (Å²) in [6.45, 7) is 0.507. The van der Waals surface area contributed by atoms with Gasteiger partial charge in [-0.3, -0.25) is 19.8 Å². The summed E-state index contributed by atoms with van der Waals surface area (Å²) >= 11 is 0. The predicted octanol–water partition coefficient (Wildman–Crippen LogP) is 0.891. The first-order chi connectivity index (χ1) is 8.15. The number of amides is 4. The summed E-state index contributed by atoms with van der Waals surface area (Å²) in [5.74, 6) is 1.04. The van der Waals surface area contributed by atoms with Crippen molar-refractivity contribution in [1.82, 2.24) is 10.2 Å². The first-order valence-corrected chi connectivity index (χ1v) is 6.29. The van der Waals surface area contributed by atoms with E-state index in [4.69, 9.17) is 0 Å². The van der Waals surface area contributed by atoms with Crippen LogP contribution in [0.1, 0.15) is 32.1 Å². The Bertz CT molecular complexity index is 353. The van der Waals surface area contributed by atoms with Gasteiger partial charge in [0.1, 0.15) is 6.42 Å². The van der Waals surface area contributed by atoms with Crippen LogP contribution in [0.3, 0.4) is 0 Å². The van der Waals surface area contributed by atoms with Crippen LogP contribution >= 0.6 is 0 Å². The van der Waals surface area contributed by atoms with E-state index in [1.54, 1.807) is 0 Å². The maximum absolute atomic E-state index is 11.7. The topological polar surface area (TPSA) is 66.5 Å². The zero-order chi connectivity index (χ0) is 12.0. The summed E-state index contributed by atoms with van der Waals surface area (Å²) in [6.07, 6.45) is 4.72. The molecule has 0 unspecified atom stereocenters. The highest BCUT2D eigenvalue weighted by molar-refractivity contribution is 6.14. The quantitative estimate of drug-likeness (QED) is 0.737. The van der Waals surface area contributed by atoms with E-state index in [1.165, 1.54) is 30.6 Å². The molecule has 0 spiro atoms. The molecule has 1 saturated heterocycles. The van der Waals surface area contributed by atoms with Crippen molar-refractivity contribution >= 4 is 17.8 Å². The van der Waals surface area contributed by atoms with Crippen molar-refractivity contribution in [2.75, 3.05) is 6.54 Å². The van der Waals surface area contributed by atoms with Crippen LogP contribution < -0.4 is 5.32 Å². The van der Waals surface area contributed by atoms with Crippen molar-refractivity contribution in [3.05, 3.63) is 0 Å². The Labute approximate surface area is 99.5 Å². The number of nitrogens with one attached hydrogen (secondary N) is 1. The molecular weight excluding hydrogens is 220 g/mol. The lowest BCUT2D eigenvalue weighted by atomic mass is 9.97. The molecule has 1 aliphatic heterocycles. The Morgan fingerprint density at radius 3 is 2.18 bits per heavy atom. The predicted molar refractivity (Wildman–Crippen MR) is 58.8 cm³/mol. The number of hydrogen-bond donors (Lipinski definition) is 1. The van der Waals surface area contributed by atoms with Gasteiger partial charge < -0.3 is 0 Å². The summed E-state index contributed by atoms with van der Waals surface area (Å²) < 4.78 is 0. The van der Waals surface area contributed by atoms with E-state index in [9.17, 15) is 14.4 Å². The highest BCUT2D eigenvalue weighted by atomic mass is 16.2. The Kier molecular flexibility index (Phi) is 2.42. The Hall–Kier alpha value is -1.39. The smallest absolute Gasteiger partial charge is 0.277 e. The fraction of sp³-hybridized carbons (Fsp3) is 0.750. The van der Waals surface area contributed by atoms with Gasteiger partial charge in [-0.15, -0.1) is 0 Å². The largest absolute Gasteiger partial charge is 0.330 e. The zero-order valence-electron chi connectivity index (χ0n) is 9.65. The second-order valence-corrected chi connectivity index (χ2v) is 5.37. The molecular formula is C12H16N2O3. The molecule has 3 fully saturated rings. The van der Waals surface area contributed by atoms with E-state index in [0.717, 1.165) is 0 Å². The van der Waals surface area contributed by atoms with Crippen molar-refractivity contribution in [3.63, 3.8) is 0 Å². The molecule has 17 heavy (non-hydrogen) atoms. The number of barbiturate groups is 1. The number of nitrogens with zero attached hydrogens (tertiary/aromatic N) is 1. The van der Waals surface area contributed by atoms with Crippen LogP contribution in [0.25, 0.3) is 0 Å². The standard InChI is InChI=1S/C12H16N2O3/c15-10-5-11(16)14(12(17)13-10)6-9(7-1-2-7)8-3-4-8/h7-9H,1-6H2,(H,13,15,17). The second kappa shape index (κ2) is 3.82. The summed E-state index contributed by atoms with van der Waals surface area (Å²) in [7, 11) is 0. The van der Waals surface area contributed by atoms with E-state index < -0.39 is 11.9 Å². The van der Waals surface area contributed by atoms with Crippen molar-refractivity contribution in [3.8, 4) is 0 Å². The fourth-order valence-corrected chi connectivity index (χ4v) is 2.70. The van der Waals surface area contributed by atoms with E-state index in [1.807, 2.05) is 0 Å². The first kappa shape index (κ1) is 10.7. The maximum Gasteiger partial charge on any atom is 0.330 e. The molecule has 0 aromatic carbocycles. The monoisotopic (exact) mass is 236 g/mol. The van der Waals surface area contributed by atoms with Gasteiger partial charge in [-0.2, -0.15) is 0 Å². The van der Waals surface area contributed by atoms with Gasteiger partial charge >= 0.3 is 6.03 Å². The molecule has 2 aliphatic carbocycles. The van der Waals surface area contributed by atoms with Gasteiger partial charge in [0.25, 0.3) is 0 Å². The third kappa shape index (κ3) is 2.18. The average molecular weight is 236 g/mol. The highest BCUT2D eigenvalue weighted by Gasteiger charge is 2.44. The molecule has 5 heteroatoms. The molecule has 4 amide bonds. The van der Waals surface area contributed by atoms with Crippen LogP contribution in [0.15, 0.2) is 0 Å². The SMILES string of the molecule is O=C1CC(=O)N(CC(C2CC2)C2CC2)C(=O)N1. The Morgan fingerprint density at radius 1 is 1.12 bits per heavy atom. The molecule has 3 aliphatic rings. The Morgan fingerprint density at radius 2 is 1.71 bits per heavy atom. The van der Waals surface area contributed by atoms with E-state index in [-0.39, 0.29) is 12.3 Å². The van der Waals surface area contributed by atoms with Crippen LogP contribution in [0.5, 0.6) is 0 Å². The van der Waals surface area contributed by atoms with Gasteiger partial charge in [0, 0.05) is 6.54 Å². The normalized spacial score (nSPS) is 25.5. The van der Waals surface area contributed by atoms with Crippen LogP contribution in [0, 0.1) is 17.8 Å². The first-order valence-electron chi connectivity index (χ1n) is 6.29. The molecule has 0 aromatic rings. The minimum atomic E-state index is -0.530. The average Bonchev–Trinajstić information content (AvgIpc) is 3.12. The molecule has 0 bridgehead atoms. The van der Waals surface area contributed by atoms with E-state index >= 15 is 0 Å². The number of hydrogen-bond acceptors (Lipinski definition) is 3. The van der Waals surface area contributed by atoms with Gasteiger partial charge in [-0.25, -0.2) is 4.79 Å². The summed E-state index contributed by atoms with van der Waals surface area (Å²) in [5, 5.41) is 2.21. The van der Waals surface area contributed by atoms with Crippen molar-refractivity contribution in [1.29, 1.82) is 0 Å². The molecule has 0 radical (unpaired) electrons. The van der Waals surface area contributed by atoms with Gasteiger partial charge in [-0.1, -0.05) is 0 Å². The third-order valence-corrected chi connectivity index (χ3v) is 3.95. The molecule has 1 heterocycles.